The number of hydrogen-bond acceptors (Lipinski definition) is 4. The number of primary amides is 1. The summed E-state index contributed by atoms with van der Waals surface area (Å²) < 4.78 is 0. The minimum absolute atomic E-state index is 0.0443. The minimum atomic E-state index is -0.654. The molecular formula is C15H17N3O3. The van der Waals surface area contributed by atoms with E-state index in [1.807, 2.05) is 6.07 Å². The number of hydrogen-bond donors (Lipinski definition) is 1. The van der Waals surface area contributed by atoms with Crippen LogP contribution in [-0.2, 0) is 4.79 Å². The molecule has 6 nitrogen and oxygen atoms in total. The standard InChI is InChI=1S/C15H17N3O3/c16-9-10-6-7-12(13(8-10)18(20)21)14(15(17)19)11-4-2-1-3-5-11/h6-8,11,14H,1-5H2,(H2,17,19). The number of nitrogens with two attached hydrogens (primary N) is 1. The molecule has 6 heteroatoms. The van der Waals surface area contributed by atoms with Gasteiger partial charge in [-0.3, -0.25) is 14.9 Å². The summed E-state index contributed by atoms with van der Waals surface area (Å²) in [6.45, 7) is 0. The first-order chi connectivity index (χ1) is 10.0. The number of rotatable bonds is 4. The van der Waals surface area contributed by atoms with Crippen LogP contribution in [0.5, 0.6) is 0 Å². The van der Waals surface area contributed by atoms with E-state index >= 15 is 0 Å². The van der Waals surface area contributed by atoms with E-state index in [4.69, 9.17) is 11.0 Å². The zero-order chi connectivity index (χ0) is 15.4. The Morgan fingerprint density at radius 2 is 2.05 bits per heavy atom. The van der Waals surface area contributed by atoms with Crippen LogP contribution in [0.4, 0.5) is 5.69 Å². The molecule has 1 atom stereocenters. The van der Waals surface area contributed by atoms with Gasteiger partial charge in [-0.05, 0) is 24.8 Å². The lowest BCUT2D eigenvalue weighted by molar-refractivity contribution is -0.385. The summed E-state index contributed by atoms with van der Waals surface area (Å²) in [5.74, 6) is -1.14. The van der Waals surface area contributed by atoms with E-state index in [2.05, 4.69) is 0 Å². The van der Waals surface area contributed by atoms with Gasteiger partial charge in [-0.25, -0.2) is 0 Å². The lowest BCUT2D eigenvalue weighted by Gasteiger charge is -2.28. The van der Waals surface area contributed by atoms with Crippen molar-refractivity contribution >= 4 is 11.6 Å². The molecule has 0 heterocycles. The van der Waals surface area contributed by atoms with Gasteiger partial charge in [0.2, 0.25) is 5.91 Å². The maximum Gasteiger partial charge on any atom is 0.274 e. The van der Waals surface area contributed by atoms with Gasteiger partial charge in [0.1, 0.15) is 0 Å². The second-order valence-corrected chi connectivity index (χ2v) is 5.42. The summed E-state index contributed by atoms with van der Waals surface area (Å²) >= 11 is 0. The highest BCUT2D eigenvalue weighted by Crippen LogP contribution is 2.39. The van der Waals surface area contributed by atoms with E-state index in [9.17, 15) is 14.9 Å². The highest BCUT2D eigenvalue weighted by Gasteiger charge is 2.34. The molecule has 0 saturated heterocycles. The van der Waals surface area contributed by atoms with E-state index in [-0.39, 0.29) is 17.2 Å². The molecule has 0 aliphatic heterocycles. The fourth-order valence-corrected chi connectivity index (χ4v) is 3.14. The molecule has 1 fully saturated rings. The van der Waals surface area contributed by atoms with Crippen LogP contribution >= 0.6 is 0 Å². The summed E-state index contributed by atoms with van der Waals surface area (Å²) in [5.41, 5.74) is 5.86. The SMILES string of the molecule is N#Cc1ccc(C(C(N)=O)C2CCCCC2)c([N+](=O)[O-])c1. The van der Waals surface area contributed by atoms with E-state index in [0.717, 1.165) is 32.1 Å². The molecule has 1 amide bonds. The Kier molecular flexibility index (Phi) is 4.53. The maximum atomic E-state index is 11.9. The molecular weight excluding hydrogens is 270 g/mol. The molecule has 1 unspecified atom stereocenters. The molecule has 1 aliphatic carbocycles. The van der Waals surface area contributed by atoms with Crippen LogP contribution in [0.25, 0.3) is 0 Å². The van der Waals surface area contributed by atoms with E-state index in [1.54, 1.807) is 0 Å². The Morgan fingerprint density at radius 1 is 1.38 bits per heavy atom. The largest absolute Gasteiger partial charge is 0.369 e. The lowest BCUT2D eigenvalue weighted by atomic mass is 9.76. The molecule has 2 rings (SSSR count). The van der Waals surface area contributed by atoms with Gasteiger partial charge < -0.3 is 5.73 Å². The summed E-state index contributed by atoms with van der Waals surface area (Å²) in [6, 6.07) is 6.09. The summed E-state index contributed by atoms with van der Waals surface area (Å²) in [4.78, 5) is 22.6. The first-order valence-corrected chi connectivity index (χ1v) is 7.02. The van der Waals surface area contributed by atoms with E-state index in [0.29, 0.717) is 5.56 Å². The van der Waals surface area contributed by atoms with Crippen LogP contribution in [0.2, 0.25) is 0 Å². The molecule has 0 aromatic heterocycles. The average Bonchev–Trinajstić information content (AvgIpc) is 2.48. The van der Waals surface area contributed by atoms with Gasteiger partial charge in [-0.2, -0.15) is 5.26 Å². The number of nitro benzene ring substituents is 1. The minimum Gasteiger partial charge on any atom is -0.369 e. The zero-order valence-electron chi connectivity index (χ0n) is 11.6. The number of nitrogens with zero attached hydrogens (tertiary/aromatic N) is 2. The Morgan fingerprint density at radius 3 is 2.57 bits per heavy atom. The van der Waals surface area contributed by atoms with E-state index in [1.165, 1.54) is 18.2 Å². The molecule has 1 aliphatic rings. The average molecular weight is 287 g/mol. The second-order valence-electron chi connectivity index (χ2n) is 5.42. The van der Waals surface area contributed by atoms with Gasteiger partial charge >= 0.3 is 0 Å². The number of nitro groups is 1. The second kappa shape index (κ2) is 6.35. The van der Waals surface area contributed by atoms with E-state index < -0.39 is 16.7 Å². The van der Waals surface area contributed by atoms with Gasteiger partial charge in [0.15, 0.2) is 0 Å². The van der Waals surface area contributed by atoms with Gasteiger partial charge in [-0.1, -0.05) is 25.3 Å². The lowest BCUT2D eigenvalue weighted by Crippen LogP contribution is -2.30. The van der Waals surface area contributed by atoms with Crippen LogP contribution in [0.1, 0.15) is 49.1 Å². The summed E-state index contributed by atoms with van der Waals surface area (Å²) in [5, 5.41) is 20.1. The van der Waals surface area contributed by atoms with Gasteiger partial charge in [0.05, 0.1) is 22.5 Å². The molecule has 110 valence electrons. The van der Waals surface area contributed by atoms with Gasteiger partial charge in [0.25, 0.3) is 5.69 Å². The Balaban J connectivity index is 2.47. The molecule has 21 heavy (non-hydrogen) atoms. The molecule has 1 aromatic rings. The van der Waals surface area contributed by atoms with Crippen molar-refractivity contribution in [1.29, 1.82) is 5.26 Å². The summed E-state index contributed by atoms with van der Waals surface area (Å²) in [6.07, 6.45) is 4.85. The first-order valence-electron chi connectivity index (χ1n) is 7.02. The van der Waals surface area contributed by atoms with Crippen LogP contribution < -0.4 is 5.73 Å². The van der Waals surface area contributed by atoms with Crippen molar-refractivity contribution in [2.45, 2.75) is 38.0 Å². The van der Waals surface area contributed by atoms with Crippen LogP contribution in [0.15, 0.2) is 18.2 Å². The Hall–Kier alpha value is -2.42. The molecule has 1 saturated carbocycles. The Labute approximate surface area is 122 Å². The van der Waals surface area contributed by atoms with Gasteiger partial charge in [-0.15, -0.1) is 0 Å². The van der Waals surface area contributed by atoms with Crippen molar-refractivity contribution < 1.29 is 9.72 Å². The third-order valence-corrected chi connectivity index (χ3v) is 4.12. The summed E-state index contributed by atoms with van der Waals surface area (Å²) in [7, 11) is 0. The number of benzene rings is 1. The first kappa shape index (κ1) is 15.0. The number of carbonyl (C=O) groups is 1. The fourth-order valence-electron chi connectivity index (χ4n) is 3.14. The fraction of sp³-hybridized carbons (Fsp3) is 0.467. The third-order valence-electron chi connectivity index (χ3n) is 4.12. The molecule has 1 aromatic carbocycles. The predicted octanol–water partition coefficient (Wildman–Crippen LogP) is 2.62. The van der Waals surface area contributed by atoms with Crippen molar-refractivity contribution in [3.63, 3.8) is 0 Å². The van der Waals surface area contributed by atoms with Crippen molar-refractivity contribution in [3.05, 3.63) is 39.4 Å². The van der Waals surface area contributed by atoms with Crippen LogP contribution in [0, 0.1) is 27.4 Å². The monoisotopic (exact) mass is 287 g/mol. The number of carbonyl (C=O) groups excluding carboxylic acids is 1. The van der Waals surface area contributed by atoms with Crippen LogP contribution in [-0.4, -0.2) is 10.8 Å². The van der Waals surface area contributed by atoms with Crippen molar-refractivity contribution in [1.82, 2.24) is 0 Å². The number of amides is 1. The normalized spacial score (nSPS) is 16.9. The van der Waals surface area contributed by atoms with Crippen LogP contribution in [0.3, 0.4) is 0 Å². The topological polar surface area (TPSA) is 110 Å². The number of nitriles is 1. The maximum absolute atomic E-state index is 11.9. The molecule has 0 bridgehead atoms. The third kappa shape index (κ3) is 3.19. The predicted molar refractivity (Wildman–Crippen MR) is 76.3 cm³/mol. The smallest absolute Gasteiger partial charge is 0.274 e. The highest BCUT2D eigenvalue weighted by atomic mass is 16.6. The molecule has 2 N–H and O–H groups in total. The zero-order valence-corrected chi connectivity index (χ0v) is 11.6. The molecule has 0 radical (unpaired) electrons. The molecule has 0 spiro atoms. The van der Waals surface area contributed by atoms with Gasteiger partial charge in [0, 0.05) is 11.6 Å². The highest BCUT2D eigenvalue weighted by molar-refractivity contribution is 5.83. The van der Waals surface area contributed by atoms with Crippen molar-refractivity contribution in [2.75, 3.05) is 0 Å². The Bertz CT molecular complexity index is 601. The quantitative estimate of drug-likeness (QED) is 0.677. The van der Waals surface area contributed by atoms with Crippen molar-refractivity contribution in [3.8, 4) is 6.07 Å². The van der Waals surface area contributed by atoms with Crippen molar-refractivity contribution in [2.24, 2.45) is 11.7 Å².